The number of nitrogens with one attached hydrogen (secondary N) is 2. The Hall–Kier alpha value is -2.45. The highest BCUT2D eigenvalue weighted by molar-refractivity contribution is 5.99. The largest absolute Gasteiger partial charge is 0.394 e. The van der Waals surface area contributed by atoms with E-state index in [9.17, 15) is 19.5 Å². The van der Waals surface area contributed by atoms with Gasteiger partial charge >= 0.3 is 0 Å². The summed E-state index contributed by atoms with van der Waals surface area (Å²) >= 11 is 0. The second kappa shape index (κ2) is 9.66. The van der Waals surface area contributed by atoms with E-state index < -0.39 is 35.1 Å². The Morgan fingerprint density at radius 2 is 1.94 bits per heavy atom. The van der Waals surface area contributed by atoms with E-state index in [-0.39, 0.29) is 24.3 Å². The molecule has 1 aromatic carbocycles. The highest BCUT2D eigenvalue weighted by Gasteiger charge is 2.78. The van der Waals surface area contributed by atoms with Gasteiger partial charge in [0.2, 0.25) is 17.7 Å². The van der Waals surface area contributed by atoms with Crippen molar-refractivity contribution in [1.82, 2.24) is 15.5 Å². The molecule has 3 saturated heterocycles. The molecule has 1 aromatic rings. The van der Waals surface area contributed by atoms with Gasteiger partial charge in [-0.3, -0.25) is 14.4 Å². The summed E-state index contributed by atoms with van der Waals surface area (Å²) in [5.74, 6) is -2.20. The van der Waals surface area contributed by atoms with Crippen molar-refractivity contribution in [3.05, 3.63) is 35.9 Å². The average Bonchev–Trinajstić information content (AvgIpc) is 3.41. The average molecular weight is 472 g/mol. The van der Waals surface area contributed by atoms with E-state index in [4.69, 9.17) is 4.74 Å². The normalized spacial score (nSPS) is 32.5. The first kappa shape index (κ1) is 24.7. The summed E-state index contributed by atoms with van der Waals surface area (Å²) < 4.78 is 6.55. The van der Waals surface area contributed by atoms with E-state index in [1.54, 1.807) is 7.05 Å². The summed E-state index contributed by atoms with van der Waals surface area (Å²) in [7, 11) is 1.56. The fraction of sp³-hybridized carbons (Fsp3) is 0.654. The van der Waals surface area contributed by atoms with E-state index in [1.807, 2.05) is 37.3 Å². The van der Waals surface area contributed by atoms with Gasteiger partial charge in [-0.05, 0) is 38.2 Å². The number of hydrogen-bond donors (Lipinski definition) is 3. The maximum absolute atomic E-state index is 14.0. The van der Waals surface area contributed by atoms with Crippen LogP contribution in [0.25, 0.3) is 0 Å². The number of unbranched alkanes of at least 4 members (excludes halogenated alkanes) is 2. The Balaban J connectivity index is 1.71. The molecule has 0 radical (unpaired) electrons. The van der Waals surface area contributed by atoms with Crippen LogP contribution in [0.3, 0.4) is 0 Å². The number of aliphatic hydroxyl groups excluding tert-OH is 1. The number of carbonyl (C=O) groups excluding carboxylic acids is 3. The molecule has 2 bridgehead atoms. The van der Waals surface area contributed by atoms with E-state index >= 15 is 0 Å². The second-order valence-electron chi connectivity index (χ2n) is 10.1. The Bertz CT molecular complexity index is 924. The molecule has 3 fully saturated rings. The maximum atomic E-state index is 14.0. The second-order valence-corrected chi connectivity index (χ2v) is 10.1. The van der Waals surface area contributed by atoms with Gasteiger partial charge in [-0.2, -0.15) is 0 Å². The van der Waals surface area contributed by atoms with Crippen LogP contribution in [0.5, 0.6) is 0 Å². The van der Waals surface area contributed by atoms with Crippen LogP contribution < -0.4 is 10.6 Å². The van der Waals surface area contributed by atoms with Gasteiger partial charge in [-0.25, -0.2) is 0 Å². The molecule has 3 heterocycles. The molecule has 34 heavy (non-hydrogen) atoms. The molecule has 3 aliphatic rings. The van der Waals surface area contributed by atoms with E-state index in [0.29, 0.717) is 25.8 Å². The third-order valence-corrected chi connectivity index (χ3v) is 7.99. The van der Waals surface area contributed by atoms with E-state index in [2.05, 4.69) is 17.6 Å². The van der Waals surface area contributed by atoms with Crippen molar-refractivity contribution in [1.29, 1.82) is 0 Å². The number of benzene rings is 1. The number of fused-ring (bicyclic) bond motifs is 1. The van der Waals surface area contributed by atoms with E-state index in [0.717, 1.165) is 24.8 Å². The summed E-state index contributed by atoms with van der Waals surface area (Å²) in [4.78, 5) is 42.1. The number of amides is 3. The summed E-state index contributed by atoms with van der Waals surface area (Å²) in [6.45, 7) is 4.21. The first-order valence-corrected chi connectivity index (χ1v) is 12.5. The first-order chi connectivity index (χ1) is 16.3. The molecule has 0 saturated carbocycles. The lowest BCUT2D eigenvalue weighted by Gasteiger charge is -2.37. The summed E-state index contributed by atoms with van der Waals surface area (Å²) in [5.41, 5.74) is -0.894. The van der Waals surface area contributed by atoms with Crippen LogP contribution in [-0.2, 0) is 25.5 Å². The number of likely N-dealkylation sites (tertiary alicyclic amines) is 1. The minimum atomic E-state index is -1.07. The van der Waals surface area contributed by atoms with Crippen molar-refractivity contribution in [3.63, 3.8) is 0 Å². The van der Waals surface area contributed by atoms with Crippen molar-refractivity contribution < 1.29 is 24.2 Å². The molecule has 3 aliphatic heterocycles. The van der Waals surface area contributed by atoms with Gasteiger partial charge in [-0.1, -0.05) is 50.1 Å². The van der Waals surface area contributed by atoms with Crippen LogP contribution in [0.1, 0.15) is 51.5 Å². The minimum absolute atomic E-state index is 0.241. The molecule has 3 amide bonds. The Kier molecular flexibility index (Phi) is 7.01. The maximum Gasteiger partial charge on any atom is 0.245 e. The van der Waals surface area contributed by atoms with Gasteiger partial charge in [0, 0.05) is 13.6 Å². The summed E-state index contributed by atoms with van der Waals surface area (Å²) in [6, 6.07) is 8.14. The highest BCUT2D eigenvalue weighted by atomic mass is 16.5. The lowest BCUT2D eigenvalue weighted by molar-refractivity contribution is -0.149. The van der Waals surface area contributed by atoms with E-state index in [1.165, 1.54) is 4.90 Å². The van der Waals surface area contributed by atoms with Crippen LogP contribution in [0, 0.1) is 11.8 Å². The smallest absolute Gasteiger partial charge is 0.245 e. The number of carbonyl (C=O) groups is 3. The lowest BCUT2D eigenvalue weighted by Crippen LogP contribution is -2.58. The fourth-order valence-electron chi connectivity index (χ4n) is 6.43. The van der Waals surface area contributed by atoms with Crippen molar-refractivity contribution in [2.24, 2.45) is 11.8 Å². The molecule has 1 spiro atoms. The van der Waals surface area contributed by atoms with Gasteiger partial charge in [-0.15, -0.1) is 0 Å². The van der Waals surface area contributed by atoms with Crippen molar-refractivity contribution in [2.45, 2.75) is 75.7 Å². The van der Waals surface area contributed by atoms with Crippen LogP contribution in [0.2, 0.25) is 0 Å². The predicted octanol–water partition coefficient (Wildman–Crippen LogP) is 1.41. The molecule has 4 rings (SSSR count). The molecule has 0 aliphatic carbocycles. The Morgan fingerprint density at radius 1 is 1.21 bits per heavy atom. The van der Waals surface area contributed by atoms with Crippen molar-refractivity contribution in [3.8, 4) is 0 Å². The number of nitrogens with zero attached hydrogens (tertiary/aromatic N) is 1. The molecule has 3 N–H and O–H groups in total. The number of aliphatic hydroxyl groups is 1. The number of hydrogen-bond acceptors (Lipinski definition) is 5. The molecule has 186 valence electrons. The lowest BCUT2D eigenvalue weighted by atomic mass is 9.66. The standard InChI is InChI=1S/C26H37N3O5/c1-4-5-9-14-28-23(32)21-26-13-12-25(2,34-26)19(22(31)27-3)20(26)24(33)29(21)18(16-30)15-17-10-7-6-8-11-17/h6-8,10-11,18-21,30H,4-5,9,12-16H2,1-3H3,(H,27,31)(H,28,32)/t18-,19+,20+,21?,25-,26?/m1/s1. The van der Waals surface area contributed by atoms with Gasteiger partial charge in [0.25, 0.3) is 0 Å². The SMILES string of the molecule is CCCCCNC(=O)C1N([C@@H](CO)Cc2ccccc2)C(=O)[C@@H]2[C@@H](C(=O)NC)[C@@]3(C)CCC12O3. The molecular formula is C26H37N3O5. The minimum Gasteiger partial charge on any atom is -0.394 e. The quantitative estimate of drug-likeness (QED) is 0.447. The molecule has 8 heteroatoms. The fourth-order valence-corrected chi connectivity index (χ4v) is 6.43. The van der Waals surface area contributed by atoms with Gasteiger partial charge in [0.1, 0.15) is 11.6 Å². The number of ether oxygens (including phenoxy) is 1. The molecule has 0 aromatic heterocycles. The van der Waals surface area contributed by atoms with Gasteiger partial charge in [0.05, 0.1) is 30.1 Å². The third-order valence-electron chi connectivity index (χ3n) is 7.99. The topological polar surface area (TPSA) is 108 Å². The van der Waals surface area contributed by atoms with Crippen molar-refractivity contribution >= 4 is 17.7 Å². The van der Waals surface area contributed by atoms with Crippen LogP contribution in [0.15, 0.2) is 30.3 Å². The zero-order chi connectivity index (χ0) is 24.5. The zero-order valence-corrected chi connectivity index (χ0v) is 20.4. The Morgan fingerprint density at radius 3 is 2.59 bits per heavy atom. The molecular weight excluding hydrogens is 434 g/mol. The monoisotopic (exact) mass is 471 g/mol. The molecule has 2 unspecified atom stereocenters. The van der Waals surface area contributed by atoms with Crippen molar-refractivity contribution in [2.75, 3.05) is 20.2 Å². The van der Waals surface area contributed by atoms with Crippen LogP contribution >= 0.6 is 0 Å². The van der Waals surface area contributed by atoms with Crippen LogP contribution in [0.4, 0.5) is 0 Å². The van der Waals surface area contributed by atoms with Gasteiger partial charge < -0.3 is 25.4 Å². The number of rotatable bonds is 10. The molecule has 8 nitrogen and oxygen atoms in total. The zero-order valence-electron chi connectivity index (χ0n) is 20.4. The predicted molar refractivity (Wildman–Crippen MR) is 127 cm³/mol. The Labute approximate surface area is 201 Å². The summed E-state index contributed by atoms with van der Waals surface area (Å²) in [6.07, 6.45) is 4.43. The van der Waals surface area contributed by atoms with Gasteiger partial charge in [0.15, 0.2) is 0 Å². The highest BCUT2D eigenvalue weighted by Crippen LogP contribution is 2.63. The third kappa shape index (κ3) is 3.90. The summed E-state index contributed by atoms with van der Waals surface area (Å²) in [5, 5.41) is 16.1. The molecule has 6 atom stereocenters. The first-order valence-electron chi connectivity index (χ1n) is 12.5. The van der Waals surface area contributed by atoms with Crippen LogP contribution in [-0.4, -0.2) is 71.2 Å².